The van der Waals surface area contributed by atoms with E-state index in [1.165, 1.54) is 12.1 Å². The quantitative estimate of drug-likeness (QED) is 0.600. The van der Waals surface area contributed by atoms with Crippen molar-refractivity contribution in [2.75, 3.05) is 6.61 Å². The molecule has 0 N–H and O–H groups in total. The number of nitrogens with zero attached hydrogens (tertiary/aromatic N) is 1. The number of ether oxygens (including phenoxy) is 1. The number of carbonyl (C=O) groups excluding carboxylic acids is 1. The number of carbonyl (C=O) groups is 1. The van der Waals surface area contributed by atoms with Gasteiger partial charge in [0.15, 0.2) is 0 Å². The monoisotopic (exact) mass is 255 g/mol. The van der Waals surface area contributed by atoms with E-state index in [-0.39, 0.29) is 11.5 Å². The first kappa shape index (κ1) is 13.4. The molecule has 0 spiro atoms. The number of hydrogen-bond donors (Lipinski definition) is 0. The molecule has 0 saturated heterocycles. The van der Waals surface area contributed by atoms with Crippen LogP contribution >= 0.6 is 0 Å². The summed E-state index contributed by atoms with van der Waals surface area (Å²) in [5.41, 5.74) is 0.943. The van der Waals surface area contributed by atoms with E-state index in [2.05, 4.69) is 9.13 Å². The smallest absolute Gasteiger partial charge is 0.350 e. The van der Waals surface area contributed by atoms with Gasteiger partial charge in [-0.1, -0.05) is 17.7 Å². The molecule has 1 aromatic carbocycles. The lowest BCUT2D eigenvalue weighted by molar-refractivity contribution is -0.134. The molecule has 0 unspecified atom stereocenters. The largest absolute Gasteiger partial charge is 0.462 e. The maximum atomic E-state index is 11.6. The average molecular weight is 255 g/mol. The second-order valence-electron chi connectivity index (χ2n) is 3.27. The predicted molar refractivity (Wildman–Crippen MR) is 63.5 cm³/mol. The van der Waals surface area contributed by atoms with Crippen LogP contribution in [0.15, 0.2) is 33.6 Å². The highest BCUT2D eigenvalue weighted by Crippen LogP contribution is 2.12. The van der Waals surface area contributed by atoms with Gasteiger partial charge < -0.3 is 4.74 Å². The van der Waals surface area contributed by atoms with Crippen molar-refractivity contribution in [2.24, 2.45) is 4.40 Å². The highest BCUT2D eigenvalue weighted by atomic mass is 32.2. The van der Waals surface area contributed by atoms with E-state index < -0.39 is 16.0 Å². The minimum Gasteiger partial charge on any atom is -0.462 e. The van der Waals surface area contributed by atoms with E-state index in [0.717, 1.165) is 5.56 Å². The van der Waals surface area contributed by atoms with Crippen molar-refractivity contribution in [3.8, 4) is 0 Å². The lowest BCUT2D eigenvalue weighted by Crippen LogP contribution is -2.07. The Morgan fingerprint density at radius 3 is 2.47 bits per heavy atom. The van der Waals surface area contributed by atoms with Gasteiger partial charge in [-0.05, 0) is 26.0 Å². The molecule has 0 radical (unpaired) electrons. The van der Waals surface area contributed by atoms with Crippen molar-refractivity contribution < 1.29 is 17.9 Å². The molecule has 0 aromatic heterocycles. The molecule has 0 aliphatic heterocycles. The van der Waals surface area contributed by atoms with E-state index >= 15 is 0 Å². The van der Waals surface area contributed by atoms with Crippen molar-refractivity contribution in [1.29, 1.82) is 0 Å². The topological polar surface area (TPSA) is 72.8 Å². The molecule has 17 heavy (non-hydrogen) atoms. The number of benzene rings is 1. The summed E-state index contributed by atoms with van der Waals surface area (Å²) in [5.74, 6) is -0.775. The molecule has 0 bridgehead atoms. The van der Waals surface area contributed by atoms with Crippen molar-refractivity contribution in [2.45, 2.75) is 18.7 Å². The number of hydrogen-bond acceptors (Lipinski definition) is 4. The van der Waals surface area contributed by atoms with Gasteiger partial charge in [-0.25, -0.2) is 4.79 Å². The van der Waals surface area contributed by atoms with E-state index in [4.69, 9.17) is 0 Å². The van der Waals surface area contributed by atoms with Gasteiger partial charge in [0, 0.05) is 0 Å². The summed E-state index contributed by atoms with van der Waals surface area (Å²) in [7, 11) is -3.82. The van der Waals surface area contributed by atoms with Crippen molar-refractivity contribution >= 4 is 22.2 Å². The van der Waals surface area contributed by atoms with Gasteiger partial charge in [0.2, 0.25) is 0 Å². The van der Waals surface area contributed by atoms with Crippen LogP contribution in [-0.2, 0) is 19.6 Å². The normalized spacial score (nSPS) is 11.6. The zero-order valence-electron chi connectivity index (χ0n) is 9.58. The molecule has 0 amide bonds. The Hall–Kier alpha value is -1.69. The molecule has 0 aliphatic carbocycles. The molecular formula is C11H13NO4S. The van der Waals surface area contributed by atoms with Gasteiger partial charge >= 0.3 is 5.97 Å². The standard InChI is InChI=1S/C11H13NO4S/c1-3-16-11(13)8-12-17(14,15)10-6-4-9(2)5-7-10/h4-8H,3H2,1-2H3/b12-8-. The van der Waals surface area contributed by atoms with Crippen LogP contribution in [0.4, 0.5) is 0 Å². The predicted octanol–water partition coefficient (Wildman–Crippen LogP) is 1.32. The molecular weight excluding hydrogens is 242 g/mol. The Morgan fingerprint density at radius 2 is 1.94 bits per heavy atom. The second kappa shape index (κ2) is 5.58. The van der Waals surface area contributed by atoms with Crippen molar-refractivity contribution in [3.05, 3.63) is 29.8 Å². The minimum atomic E-state index is -3.82. The van der Waals surface area contributed by atoms with Gasteiger partial charge in [0.05, 0.1) is 11.5 Å². The van der Waals surface area contributed by atoms with Gasteiger partial charge in [0.1, 0.15) is 6.21 Å². The lowest BCUT2D eigenvalue weighted by Gasteiger charge is -1.99. The Labute approximate surface area is 100 Å². The molecule has 1 rings (SSSR count). The van der Waals surface area contributed by atoms with Crippen LogP contribution in [0.1, 0.15) is 12.5 Å². The zero-order chi connectivity index (χ0) is 12.9. The molecule has 0 saturated carbocycles. The van der Waals surface area contributed by atoms with Crippen LogP contribution in [0.2, 0.25) is 0 Å². The summed E-state index contributed by atoms with van der Waals surface area (Å²) in [6.07, 6.45) is 0.665. The molecule has 92 valence electrons. The first-order chi connectivity index (χ1) is 7.95. The first-order valence-electron chi connectivity index (χ1n) is 4.99. The van der Waals surface area contributed by atoms with Crippen LogP contribution in [0.5, 0.6) is 0 Å². The molecule has 5 nitrogen and oxygen atoms in total. The molecule has 0 fully saturated rings. The Bertz CT molecular complexity index is 517. The van der Waals surface area contributed by atoms with Gasteiger partial charge in [-0.2, -0.15) is 12.8 Å². The van der Waals surface area contributed by atoms with Crippen molar-refractivity contribution in [1.82, 2.24) is 0 Å². The first-order valence-corrected chi connectivity index (χ1v) is 6.43. The number of aryl methyl sites for hydroxylation is 1. The third-order valence-corrected chi connectivity index (χ3v) is 3.15. The van der Waals surface area contributed by atoms with Crippen LogP contribution < -0.4 is 0 Å². The third kappa shape index (κ3) is 3.99. The molecule has 0 heterocycles. The fourth-order valence-corrected chi connectivity index (χ4v) is 1.89. The average Bonchev–Trinajstić information content (AvgIpc) is 2.28. The van der Waals surface area contributed by atoms with Crippen LogP contribution in [-0.4, -0.2) is 27.2 Å². The highest BCUT2D eigenvalue weighted by Gasteiger charge is 2.11. The van der Waals surface area contributed by atoms with Crippen LogP contribution in [0.25, 0.3) is 0 Å². The maximum absolute atomic E-state index is 11.6. The molecule has 0 aliphatic rings. The maximum Gasteiger partial charge on any atom is 0.350 e. The summed E-state index contributed by atoms with van der Waals surface area (Å²) in [6.45, 7) is 3.65. The van der Waals surface area contributed by atoms with Crippen LogP contribution in [0, 0.1) is 6.92 Å². The lowest BCUT2D eigenvalue weighted by atomic mass is 10.2. The summed E-state index contributed by atoms with van der Waals surface area (Å²) in [5, 5.41) is 0. The second-order valence-corrected chi connectivity index (χ2v) is 4.91. The van der Waals surface area contributed by atoms with E-state index in [1.807, 2.05) is 6.92 Å². The zero-order valence-corrected chi connectivity index (χ0v) is 10.4. The van der Waals surface area contributed by atoms with Gasteiger partial charge in [-0.15, -0.1) is 0 Å². The molecule has 6 heteroatoms. The SMILES string of the molecule is CCOC(=O)/C=N\S(=O)(=O)c1ccc(C)cc1. The van der Waals surface area contributed by atoms with Gasteiger partial charge in [0.25, 0.3) is 10.0 Å². The molecule has 0 atom stereocenters. The van der Waals surface area contributed by atoms with E-state index in [0.29, 0.717) is 6.21 Å². The van der Waals surface area contributed by atoms with Crippen LogP contribution in [0.3, 0.4) is 0 Å². The Kier molecular flexibility index (Phi) is 4.39. The highest BCUT2D eigenvalue weighted by molar-refractivity contribution is 7.90. The van der Waals surface area contributed by atoms with E-state index in [9.17, 15) is 13.2 Å². The minimum absolute atomic E-state index is 0.0450. The fourth-order valence-electron chi connectivity index (χ4n) is 1.06. The summed E-state index contributed by atoms with van der Waals surface area (Å²) < 4.78 is 31.1. The Morgan fingerprint density at radius 1 is 1.35 bits per heavy atom. The summed E-state index contributed by atoms with van der Waals surface area (Å²) in [6, 6.07) is 6.19. The number of rotatable bonds is 4. The molecule has 1 aromatic rings. The fraction of sp³-hybridized carbons (Fsp3) is 0.273. The van der Waals surface area contributed by atoms with E-state index in [1.54, 1.807) is 19.1 Å². The van der Waals surface area contributed by atoms with Gasteiger partial charge in [-0.3, -0.25) is 0 Å². The van der Waals surface area contributed by atoms with Crippen molar-refractivity contribution in [3.63, 3.8) is 0 Å². The Balaban J connectivity index is 2.89. The number of sulfonamides is 1. The third-order valence-electron chi connectivity index (χ3n) is 1.90. The summed E-state index contributed by atoms with van der Waals surface area (Å²) in [4.78, 5) is 11.0. The number of esters is 1. The summed E-state index contributed by atoms with van der Waals surface area (Å²) >= 11 is 0.